The first-order chi connectivity index (χ1) is 2.73. The number of hydrogen-bond acceptors (Lipinski definition) is 0. The molecule has 0 saturated heterocycles. The van der Waals surface area contributed by atoms with Crippen molar-refractivity contribution < 1.29 is 33.4 Å². The molecule has 0 unspecified atom stereocenters. The molecule has 0 fully saturated rings. The van der Waals surface area contributed by atoms with E-state index in [1.54, 1.807) is 0 Å². The van der Waals surface area contributed by atoms with Crippen LogP contribution in [0.1, 0.15) is 0 Å². The molecule has 0 bridgehead atoms. The normalized spacial score (nSPS) is 8.67. The van der Waals surface area contributed by atoms with Crippen molar-refractivity contribution in [3.63, 3.8) is 0 Å². The molecular formula is AuCl4Pd. The van der Waals surface area contributed by atoms with Crippen molar-refractivity contribution in [2.45, 2.75) is 0 Å². The van der Waals surface area contributed by atoms with Gasteiger partial charge in [-0.25, -0.2) is 0 Å². The summed E-state index contributed by atoms with van der Waals surface area (Å²) in [4.78, 5) is 0. The predicted molar refractivity (Wildman–Crippen MR) is 23.4 cm³/mol. The Hall–Kier alpha value is 2.56. The number of halogens is 4. The fraction of sp³-hybridized carbons (Fsp3) is 0. The third-order valence-corrected chi connectivity index (χ3v) is 0. The SMILES string of the molecule is [Cl][Au]([Cl])[Cl].[Cl][Pd]. The molecule has 6 heteroatoms. The van der Waals surface area contributed by atoms with Crippen LogP contribution in [0, 0.1) is 0 Å². The van der Waals surface area contributed by atoms with Crippen molar-refractivity contribution in [1.82, 2.24) is 0 Å². The summed E-state index contributed by atoms with van der Waals surface area (Å²) in [6, 6.07) is 0. The molecule has 0 nitrogen and oxygen atoms in total. The van der Waals surface area contributed by atoms with Crippen molar-refractivity contribution in [2.75, 3.05) is 0 Å². The van der Waals surface area contributed by atoms with Crippen molar-refractivity contribution in [3.05, 3.63) is 0 Å². The molecule has 0 saturated carbocycles. The molecule has 0 aromatic heterocycles. The Kier molecular flexibility index (Phi) is 19.9. The average Bonchev–Trinajstić information content (AvgIpc) is 1.41. The first-order valence-corrected chi connectivity index (χ1v) is 10.5. The summed E-state index contributed by atoms with van der Waals surface area (Å²) in [5.41, 5.74) is 0. The van der Waals surface area contributed by atoms with Gasteiger partial charge < -0.3 is 0 Å². The summed E-state index contributed by atoms with van der Waals surface area (Å²) < 4.78 is 0. The molecule has 0 amide bonds. The maximum absolute atomic E-state index is 4.95. The summed E-state index contributed by atoms with van der Waals surface area (Å²) in [7, 11) is 19.3. The quantitative estimate of drug-likeness (QED) is 0.504. The Balaban J connectivity index is 0. The van der Waals surface area contributed by atoms with E-state index in [1.165, 1.54) is 0 Å². The van der Waals surface area contributed by atoms with E-state index in [9.17, 15) is 0 Å². The number of hydrogen-bond donors (Lipinski definition) is 0. The molecule has 0 spiro atoms. The van der Waals surface area contributed by atoms with Crippen LogP contribution in [0.25, 0.3) is 0 Å². The monoisotopic (exact) mass is 443 g/mol. The fourth-order valence-corrected chi connectivity index (χ4v) is 0. The van der Waals surface area contributed by atoms with Crippen LogP contribution in [0.2, 0.25) is 0 Å². The zero-order chi connectivity index (χ0) is 5.58. The third-order valence-electron chi connectivity index (χ3n) is 0. The summed E-state index contributed by atoms with van der Waals surface area (Å²) in [6.45, 7) is 0. The molecule has 0 N–H and O–H groups in total. The molecule has 0 aromatic rings. The zero-order valence-electron chi connectivity index (χ0n) is 2.13. The standard InChI is InChI=1S/Au.4ClH.Pd/h;4*1H;/q+3;;;;;+1/p-4. The second kappa shape index (κ2) is 10.5. The maximum atomic E-state index is 4.95. The summed E-state index contributed by atoms with van der Waals surface area (Å²) in [5, 5.41) is 0. The Morgan fingerprint density at radius 1 is 1.00 bits per heavy atom. The zero-order valence-corrected chi connectivity index (χ0v) is 8.87. The average molecular weight is 445 g/mol. The molecule has 0 aliphatic heterocycles. The second-order valence-corrected chi connectivity index (χ2v) is 9.52. The van der Waals surface area contributed by atoms with Crippen molar-refractivity contribution in [1.29, 1.82) is 0 Å². The molecule has 0 aromatic carbocycles. The van der Waals surface area contributed by atoms with Gasteiger partial charge in [0, 0.05) is 0 Å². The van der Waals surface area contributed by atoms with Crippen LogP contribution in [0.5, 0.6) is 0 Å². The Bertz CT molecular complexity index is 12.3. The van der Waals surface area contributed by atoms with Gasteiger partial charge in [0.25, 0.3) is 0 Å². The van der Waals surface area contributed by atoms with Gasteiger partial charge in [0.15, 0.2) is 0 Å². The van der Waals surface area contributed by atoms with E-state index < -0.39 is 15.2 Å². The molecular weight excluding hydrogens is 445 g/mol. The minimum atomic E-state index is -1.79. The van der Waals surface area contributed by atoms with Gasteiger partial charge in [-0.05, 0) is 0 Å². The van der Waals surface area contributed by atoms with Crippen LogP contribution in [0.15, 0.2) is 0 Å². The summed E-state index contributed by atoms with van der Waals surface area (Å²) in [6.07, 6.45) is 0. The summed E-state index contributed by atoms with van der Waals surface area (Å²) in [5.74, 6) is 0. The molecule has 0 atom stereocenters. The Morgan fingerprint density at radius 3 is 1.00 bits per heavy atom. The van der Waals surface area contributed by atoms with E-state index >= 15 is 0 Å². The molecule has 49 valence electrons. The first kappa shape index (κ1) is 11.4. The fourth-order valence-electron chi connectivity index (χ4n) is 0. The van der Waals surface area contributed by atoms with Gasteiger partial charge in [-0.1, -0.05) is 0 Å². The van der Waals surface area contributed by atoms with Crippen LogP contribution < -0.4 is 0 Å². The van der Waals surface area contributed by atoms with E-state index in [2.05, 4.69) is 27.7 Å². The van der Waals surface area contributed by atoms with E-state index in [4.69, 9.17) is 27.6 Å². The minimum absolute atomic E-state index is 1.79. The van der Waals surface area contributed by atoms with E-state index in [1.807, 2.05) is 0 Å². The third kappa shape index (κ3) is 30.9. The predicted octanol–water partition coefficient (Wildman–Crippen LogP) is 2.75. The van der Waals surface area contributed by atoms with Gasteiger partial charge in [-0.3, -0.25) is 0 Å². The Morgan fingerprint density at radius 2 is 1.00 bits per heavy atom. The second-order valence-electron chi connectivity index (χ2n) is 0.129. The van der Waals surface area contributed by atoms with Crippen molar-refractivity contribution in [2.24, 2.45) is 0 Å². The summed E-state index contributed by atoms with van der Waals surface area (Å²) >= 11 is 0.435. The number of rotatable bonds is 0. The van der Waals surface area contributed by atoms with E-state index in [-0.39, 0.29) is 0 Å². The molecule has 0 heterocycles. The van der Waals surface area contributed by atoms with Gasteiger partial charge in [-0.2, -0.15) is 0 Å². The van der Waals surface area contributed by atoms with Crippen LogP contribution >= 0.6 is 37.1 Å². The van der Waals surface area contributed by atoms with Crippen LogP contribution in [-0.4, -0.2) is 0 Å². The molecule has 0 radical (unpaired) electrons. The van der Waals surface area contributed by atoms with Crippen LogP contribution in [0.4, 0.5) is 0 Å². The molecule has 0 aliphatic carbocycles. The van der Waals surface area contributed by atoms with Gasteiger partial charge in [-0.15, -0.1) is 0 Å². The van der Waals surface area contributed by atoms with Gasteiger partial charge in [0.2, 0.25) is 0 Å². The first-order valence-electron chi connectivity index (χ1n) is 0.461. The van der Waals surface area contributed by atoms with E-state index in [0.717, 1.165) is 0 Å². The van der Waals surface area contributed by atoms with Gasteiger partial charge in [0.1, 0.15) is 0 Å². The van der Waals surface area contributed by atoms with Gasteiger partial charge >= 0.3 is 70.5 Å². The van der Waals surface area contributed by atoms with E-state index in [0.29, 0.717) is 0 Å². The molecule has 6 heavy (non-hydrogen) atoms. The van der Waals surface area contributed by atoms with Crippen LogP contribution in [0.3, 0.4) is 0 Å². The Labute approximate surface area is 69.4 Å². The van der Waals surface area contributed by atoms with Crippen LogP contribution in [-0.2, 0) is 33.4 Å². The molecule has 0 aliphatic rings. The molecule has 0 rings (SSSR count). The van der Waals surface area contributed by atoms with Crippen molar-refractivity contribution in [3.8, 4) is 0 Å². The van der Waals surface area contributed by atoms with Crippen molar-refractivity contribution >= 4 is 37.1 Å². The topological polar surface area (TPSA) is 0 Å². The van der Waals surface area contributed by atoms with Gasteiger partial charge in [0.05, 0.1) is 0 Å².